The van der Waals surface area contributed by atoms with Gasteiger partial charge in [0.05, 0.1) is 24.8 Å². The van der Waals surface area contributed by atoms with E-state index in [1.807, 2.05) is 63.2 Å². The van der Waals surface area contributed by atoms with Crippen LogP contribution in [0.4, 0.5) is 15.3 Å². The van der Waals surface area contributed by atoms with E-state index in [2.05, 4.69) is 44.2 Å². The Bertz CT molecular complexity index is 2390. The molecule has 0 fully saturated rings. The number of anilines is 1. The number of hydrogen-bond acceptors (Lipinski definition) is 9. The van der Waals surface area contributed by atoms with Gasteiger partial charge >= 0.3 is 18.2 Å². The van der Waals surface area contributed by atoms with Crippen molar-refractivity contribution in [2.75, 3.05) is 25.0 Å². The van der Waals surface area contributed by atoms with E-state index in [-0.39, 0.29) is 40.6 Å². The molecule has 0 bridgehead atoms. The molecule has 0 aliphatic rings. The molecular weight excluding hydrogens is 819 g/mol. The second kappa shape index (κ2) is 20.5. The number of benzene rings is 4. The van der Waals surface area contributed by atoms with Gasteiger partial charge in [-0.15, -0.1) is 0 Å². The Labute approximate surface area is 370 Å². The smallest absolute Gasteiger partial charge is 0.411 e. The summed E-state index contributed by atoms with van der Waals surface area (Å²) in [6.45, 7) is 17.1. The average Bonchev–Trinajstić information content (AvgIpc) is 3.22. The van der Waals surface area contributed by atoms with Crippen LogP contribution < -0.4 is 15.6 Å². The average molecular weight is 880 g/mol. The van der Waals surface area contributed by atoms with Gasteiger partial charge in [-0.25, -0.2) is 14.4 Å². The van der Waals surface area contributed by atoms with Gasteiger partial charge < -0.3 is 38.7 Å². The summed E-state index contributed by atoms with van der Waals surface area (Å²) < 4.78 is 24.7. The van der Waals surface area contributed by atoms with Gasteiger partial charge in [-0.05, 0) is 99.1 Å². The lowest BCUT2D eigenvalue weighted by Gasteiger charge is -2.41. The van der Waals surface area contributed by atoms with E-state index in [1.54, 1.807) is 41.3 Å². The number of fused-ring (bicyclic) bond motifs is 1. The van der Waals surface area contributed by atoms with Crippen LogP contribution >= 0.6 is 0 Å². The monoisotopic (exact) mass is 879 g/mol. The number of carboxylic acid groups (broad SMARTS) is 1. The van der Waals surface area contributed by atoms with Crippen molar-refractivity contribution < 1.29 is 43.2 Å². The number of aliphatic hydroxyl groups is 1. The first-order valence-corrected chi connectivity index (χ1v) is 24.1. The second-order valence-corrected chi connectivity index (χ2v) is 22.9. The summed E-state index contributed by atoms with van der Waals surface area (Å²) in [6, 6.07) is 30.8. The van der Waals surface area contributed by atoms with E-state index in [4.69, 9.17) is 18.6 Å². The van der Waals surface area contributed by atoms with Crippen molar-refractivity contribution in [2.24, 2.45) is 0 Å². The molecular formula is C49H61N3O10Si. The number of carbonyl (C=O) groups excluding carboxylic acids is 2. The number of rotatable bonds is 18. The first-order valence-electron chi connectivity index (χ1n) is 21.2. The van der Waals surface area contributed by atoms with Crippen molar-refractivity contribution in [1.82, 2.24) is 9.88 Å². The van der Waals surface area contributed by atoms with Crippen LogP contribution in [-0.2, 0) is 30.9 Å². The van der Waals surface area contributed by atoms with Crippen molar-refractivity contribution in [3.8, 4) is 5.75 Å². The first-order chi connectivity index (χ1) is 29.7. The lowest BCUT2D eigenvalue weighted by molar-refractivity contribution is -0.155. The molecule has 5 aromatic rings. The van der Waals surface area contributed by atoms with Crippen LogP contribution in [0, 0.1) is 0 Å². The van der Waals surface area contributed by atoms with Crippen LogP contribution in [0.5, 0.6) is 5.75 Å². The maximum Gasteiger partial charge on any atom is 0.411 e. The van der Waals surface area contributed by atoms with Gasteiger partial charge in [0.15, 0.2) is 8.32 Å². The predicted molar refractivity (Wildman–Crippen MR) is 247 cm³/mol. The van der Waals surface area contributed by atoms with Crippen LogP contribution in [0.3, 0.4) is 0 Å². The zero-order valence-corrected chi connectivity index (χ0v) is 38.5. The summed E-state index contributed by atoms with van der Waals surface area (Å²) in [6.07, 6.45) is -0.166. The summed E-state index contributed by atoms with van der Waals surface area (Å²) in [4.78, 5) is 56.3. The predicted octanol–water partition coefficient (Wildman–Crippen LogP) is 10.1. The highest BCUT2D eigenvalue weighted by Crippen LogP contribution is 2.42. The van der Waals surface area contributed by atoms with Crippen LogP contribution in [0.25, 0.3) is 10.9 Å². The topological polar surface area (TPSA) is 177 Å². The van der Waals surface area contributed by atoms with E-state index in [9.17, 15) is 29.4 Å². The molecule has 0 spiro atoms. The lowest BCUT2D eigenvalue weighted by atomic mass is 9.86. The molecule has 0 aliphatic heterocycles. The van der Waals surface area contributed by atoms with Gasteiger partial charge in [0.2, 0.25) is 11.2 Å². The minimum atomic E-state index is -2.47. The highest BCUT2D eigenvalue weighted by atomic mass is 28.4. The molecule has 5 rings (SSSR count). The number of ether oxygens (including phenoxy) is 3. The highest BCUT2D eigenvalue weighted by molar-refractivity contribution is 6.74. The van der Waals surface area contributed by atoms with Crippen LogP contribution in [0.1, 0.15) is 89.2 Å². The van der Waals surface area contributed by atoms with Crippen molar-refractivity contribution in [3.05, 3.63) is 142 Å². The number of hydrogen-bond donors (Lipinski definition) is 4. The second-order valence-electron chi connectivity index (χ2n) is 18.1. The van der Waals surface area contributed by atoms with E-state index in [0.29, 0.717) is 43.7 Å². The molecule has 0 radical (unpaired) electrons. The molecule has 13 nitrogen and oxygen atoms in total. The molecule has 14 heteroatoms. The molecule has 0 saturated heterocycles. The maximum atomic E-state index is 13.9. The largest absolute Gasteiger partial charge is 0.487 e. The maximum absolute atomic E-state index is 13.9. The summed E-state index contributed by atoms with van der Waals surface area (Å²) in [5.74, 6) is -0.939. The van der Waals surface area contributed by atoms with Crippen LogP contribution in [0.15, 0.2) is 114 Å². The Kier molecular flexibility index (Phi) is 15.6. The van der Waals surface area contributed by atoms with Gasteiger partial charge in [-0.1, -0.05) is 99.6 Å². The molecule has 1 aromatic heterocycles. The Balaban J connectivity index is 1.29. The summed E-state index contributed by atoms with van der Waals surface area (Å²) >= 11 is 0. The molecule has 1 unspecified atom stereocenters. The number of aromatic nitrogens is 1. The number of carboxylic acids is 1. The Hall–Kier alpha value is -5.96. The minimum Gasteiger partial charge on any atom is -0.487 e. The molecule has 2 atom stereocenters. The standard InChI is InChI=1S/C49H61N3O10Si/c1-47(2,3)61-46(57)52(29-16-11-17-30-59-45(56)50-37-24-18-23-36(31-37)49(58,44(54)55)35-21-14-10-15-22-35)32-41(62-63(7,8)48(4,5)6)38-25-27-40(43-39(38)26-28-42(53)51-43)60-33-34-19-12-9-13-20-34/h9-10,12-15,18-28,31,41,58H,11,16-17,29-30,32-33H2,1-8H3,(H,50,56)(H,51,53)(H,54,55)/t41-,49?/m0/s1. The summed E-state index contributed by atoms with van der Waals surface area (Å²) in [5, 5.41) is 24.4. The van der Waals surface area contributed by atoms with Gasteiger partial charge in [0.1, 0.15) is 18.0 Å². The molecule has 63 heavy (non-hydrogen) atoms. The molecule has 0 aliphatic carbocycles. The van der Waals surface area contributed by atoms with Gasteiger partial charge in [-0.2, -0.15) is 0 Å². The Morgan fingerprint density at radius 1 is 0.810 bits per heavy atom. The fourth-order valence-electron chi connectivity index (χ4n) is 6.71. The van der Waals surface area contributed by atoms with Crippen molar-refractivity contribution in [1.29, 1.82) is 0 Å². The highest BCUT2D eigenvalue weighted by Gasteiger charge is 2.42. The number of carbonyl (C=O) groups is 3. The van der Waals surface area contributed by atoms with Crippen molar-refractivity contribution >= 4 is 43.1 Å². The molecule has 4 aromatic carbocycles. The zero-order chi connectivity index (χ0) is 46.0. The molecule has 1 heterocycles. The molecule has 4 N–H and O–H groups in total. The van der Waals surface area contributed by atoms with E-state index >= 15 is 0 Å². The first kappa shape index (κ1) is 48.1. The Morgan fingerprint density at radius 3 is 2.13 bits per heavy atom. The zero-order valence-electron chi connectivity index (χ0n) is 37.5. The van der Waals surface area contributed by atoms with Crippen LogP contribution in [-0.4, -0.2) is 71.9 Å². The number of amides is 2. The summed E-state index contributed by atoms with van der Waals surface area (Å²) in [5.41, 5.74) is -0.557. The van der Waals surface area contributed by atoms with Gasteiger partial charge in [0.25, 0.3) is 0 Å². The molecule has 2 amide bonds. The normalized spacial score (nSPS) is 13.4. The summed E-state index contributed by atoms with van der Waals surface area (Å²) in [7, 11) is -2.47. The third-order valence-corrected chi connectivity index (χ3v) is 15.6. The third kappa shape index (κ3) is 12.8. The number of aromatic amines is 1. The van der Waals surface area contributed by atoms with Gasteiger partial charge in [-0.3, -0.25) is 10.1 Å². The number of nitrogens with zero attached hydrogens (tertiary/aromatic N) is 1. The van der Waals surface area contributed by atoms with E-state index < -0.39 is 43.8 Å². The van der Waals surface area contributed by atoms with Crippen LogP contribution in [0.2, 0.25) is 18.1 Å². The third-order valence-electron chi connectivity index (χ3n) is 11.1. The number of aliphatic carboxylic acids is 1. The number of pyridine rings is 1. The molecule has 336 valence electrons. The SMILES string of the molecule is CC(C)(C)OC(=O)N(CCCCCOC(=O)Nc1cccc(C(O)(C(=O)O)c2ccccc2)c1)C[C@H](O[Si](C)(C)C(C)(C)C)c1ccc(OCc2ccccc2)c2[nH]c(=O)ccc12. The van der Waals surface area contributed by atoms with Crippen molar-refractivity contribution in [2.45, 2.75) is 103 Å². The lowest BCUT2D eigenvalue weighted by Crippen LogP contribution is -2.46. The van der Waals surface area contributed by atoms with Gasteiger partial charge in [0, 0.05) is 29.2 Å². The fraction of sp³-hybridized carbons (Fsp3) is 0.388. The Morgan fingerprint density at radius 2 is 1.48 bits per heavy atom. The van der Waals surface area contributed by atoms with E-state index in [0.717, 1.165) is 16.5 Å². The number of H-pyrrole nitrogens is 1. The van der Waals surface area contributed by atoms with Crippen molar-refractivity contribution in [3.63, 3.8) is 0 Å². The van der Waals surface area contributed by atoms with E-state index in [1.165, 1.54) is 30.3 Å². The number of unbranched alkanes of at least 4 members (excludes halogenated alkanes) is 2. The number of nitrogens with one attached hydrogen (secondary N) is 2. The quantitative estimate of drug-likeness (QED) is 0.0489. The fourth-order valence-corrected chi connectivity index (χ4v) is 7.98. The molecule has 0 saturated carbocycles. The minimum absolute atomic E-state index is 0.0680.